The van der Waals surface area contributed by atoms with E-state index in [1.54, 1.807) is 43.6 Å². The third-order valence-electron chi connectivity index (χ3n) is 4.80. The van der Waals surface area contributed by atoms with Gasteiger partial charge in [0.05, 0.1) is 29.8 Å². The van der Waals surface area contributed by atoms with E-state index in [4.69, 9.17) is 4.42 Å². The number of furan rings is 1. The van der Waals surface area contributed by atoms with Crippen LogP contribution in [0.1, 0.15) is 41.4 Å². The average molecular weight is 423 g/mol. The topological polar surface area (TPSA) is 62.6 Å². The van der Waals surface area contributed by atoms with Crippen molar-refractivity contribution in [3.63, 3.8) is 0 Å². The number of amides is 2. The normalized spacial score (nSPS) is 10.8. The van der Waals surface area contributed by atoms with Crippen LogP contribution in [0.2, 0.25) is 0 Å². The monoisotopic (exact) mass is 422 g/mol. The van der Waals surface area contributed by atoms with E-state index in [1.165, 1.54) is 22.2 Å². The Hall–Kier alpha value is -2.99. The first-order chi connectivity index (χ1) is 14.5. The fourth-order valence-electron chi connectivity index (χ4n) is 2.96. The molecule has 0 aliphatic heterocycles. The minimum Gasteiger partial charge on any atom is -0.467 e. The number of carbonyl (C=O) groups is 2. The van der Waals surface area contributed by atoms with E-state index in [0.717, 1.165) is 4.90 Å². The van der Waals surface area contributed by atoms with Gasteiger partial charge in [-0.2, -0.15) is 0 Å². The zero-order valence-electron chi connectivity index (χ0n) is 17.4. The van der Waals surface area contributed by atoms with E-state index < -0.39 is 0 Å². The van der Waals surface area contributed by atoms with E-state index in [9.17, 15) is 9.59 Å². The van der Waals surface area contributed by atoms with Crippen molar-refractivity contribution in [2.75, 3.05) is 17.7 Å². The third kappa shape index (κ3) is 5.54. The van der Waals surface area contributed by atoms with Crippen molar-refractivity contribution < 1.29 is 14.0 Å². The van der Waals surface area contributed by atoms with Crippen LogP contribution in [-0.4, -0.2) is 24.6 Å². The summed E-state index contributed by atoms with van der Waals surface area (Å²) in [6.07, 6.45) is 1.57. The van der Waals surface area contributed by atoms with Crippen LogP contribution >= 0.6 is 11.8 Å². The number of thioether (sulfide) groups is 1. The van der Waals surface area contributed by atoms with Gasteiger partial charge in [-0.25, -0.2) is 0 Å². The molecule has 1 aromatic heterocycles. The van der Waals surface area contributed by atoms with Gasteiger partial charge in [-0.3, -0.25) is 9.59 Å². The fraction of sp³-hybridized carbons (Fsp3) is 0.250. The van der Waals surface area contributed by atoms with Crippen molar-refractivity contribution in [2.24, 2.45) is 0 Å². The van der Waals surface area contributed by atoms with Gasteiger partial charge in [-0.15, -0.1) is 11.8 Å². The first-order valence-corrected chi connectivity index (χ1v) is 10.8. The summed E-state index contributed by atoms with van der Waals surface area (Å²) in [5.74, 6) is 1.12. The zero-order valence-corrected chi connectivity index (χ0v) is 18.2. The van der Waals surface area contributed by atoms with Gasteiger partial charge in [0.2, 0.25) is 5.91 Å². The highest BCUT2D eigenvalue weighted by Crippen LogP contribution is 2.24. The largest absolute Gasteiger partial charge is 0.467 e. The molecule has 3 rings (SSSR count). The summed E-state index contributed by atoms with van der Waals surface area (Å²) in [6.45, 7) is 4.60. The number of hydrogen-bond donors (Lipinski definition) is 1. The van der Waals surface area contributed by atoms with E-state index in [2.05, 4.69) is 31.3 Å². The van der Waals surface area contributed by atoms with Crippen molar-refractivity contribution in [2.45, 2.75) is 31.2 Å². The molecule has 0 spiro atoms. The molecule has 0 aliphatic rings. The Morgan fingerprint density at radius 3 is 2.43 bits per heavy atom. The Bertz CT molecular complexity index is 982. The van der Waals surface area contributed by atoms with Gasteiger partial charge in [0.15, 0.2) is 0 Å². The zero-order chi connectivity index (χ0) is 21.5. The molecule has 2 amide bonds. The lowest BCUT2D eigenvalue weighted by atomic mass is 10.0. The Balaban J connectivity index is 1.63. The molecule has 1 heterocycles. The molecule has 0 bridgehead atoms. The molecule has 156 valence electrons. The van der Waals surface area contributed by atoms with Gasteiger partial charge < -0.3 is 14.6 Å². The fourth-order valence-corrected chi connectivity index (χ4v) is 3.77. The lowest BCUT2D eigenvalue weighted by Crippen LogP contribution is -2.31. The average Bonchev–Trinajstić information content (AvgIpc) is 3.29. The summed E-state index contributed by atoms with van der Waals surface area (Å²) >= 11 is 1.49. The molecular formula is C24H26N2O3S. The van der Waals surface area contributed by atoms with Crippen LogP contribution in [0, 0.1) is 0 Å². The van der Waals surface area contributed by atoms with Gasteiger partial charge in [-0.05, 0) is 47.9 Å². The van der Waals surface area contributed by atoms with Crippen LogP contribution in [0.5, 0.6) is 0 Å². The van der Waals surface area contributed by atoms with Gasteiger partial charge in [-0.1, -0.05) is 38.1 Å². The number of carbonyl (C=O) groups excluding carboxylic acids is 2. The highest BCUT2D eigenvalue weighted by Gasteiger charge is 2.18. The molecule has 0 unspecified atom stereocenters. The molecule has 0 radical (unpaired) electrons. The minimum absolute atomic E-state index is 0.0702. The Kier molecular flexibility index (Phi) is 7.36. The maximum Gasteiger partial charge on any atom is 0.253 e. The molecule has 0 saturated carbocycles. The van der Waals surface area contributed by atoms with Crippen molar-refractivity contribution in [1.29, 1.82) is 0 Å². The second-order valence-corrected chi connectivity index (χ2v) is 8.29. The lowest BCUT2D eigenvalue weighted by molar-refractivity contribution is -0.115. The molecule has 0 fully saturated rings. The number of para-hydroxylation sites is 1. The van der Waals surface area contributed by atoms with E-state index in [-0.39, 0.29) is 11.8 Å². The summed E-state index contributed by atoms with van der Waals surface area (Å²) in [7, 11) is 1.70. The lowest BCUT2D eigenvalue weighted by Gasteiger charge is -2.20. The number of nitrogens with one attached hydrogen (secondary N) is 1. The summed E-state index contributed by atoms with van der Waals surface area (Å²) in [6, 6.07) is 19.0. The van der Waals surface area contributed by atoms with Crippen LogP contribution in [0.15, 0.2) is 76.2 Å². The first kappa shape index (κ1) is 21.7. The van der Waals surface area contributed by atoms with Crippen LogP contribution in [-0.2, 0) is 11.3 Å². The van der Waals surface area contributed by atoms with Gasteiger partial charge in [0.25, 0.3) is 5.91 Å². The minimum atomic E-state index is -0.251. The predicted molar refractivity (Wildman–Crippen MR) is 121 cm³/mol. The second kappa shape index (κ2) is 10.2. The summed E-state index contributed by atoms with van der Waals surface area (Å²) in [4.78, 5) is 28.0. The van der Waals surface area contributed by atoms with Crippen molar-refractivity contribution in [1.82, 2.24) is 5.32 Å². The molecule has 2 aromatic carbocycles. The van der Waals surface area contributed by atoms with Gasteiger partial charge in [0, 0.05) is 11.9 Å². The van der Waals surface area contributed by atoms with Gasteiger partial charge >= 0.3 is 0 Å². The van der Waals surface area contributed by atoms with Crippen LogP contribution in [0.25, 0.3) is 0 Å². The number of anilines is 1. The first-order valence-electron chi connectivity index (χ1n) is 9.84. The quantitative estimate of drug-likeness (QED) is 0.514. The second-order valence-electron chi connectivity index (χ2n) is 7.24. The summed E-state index contributed by atoms with van der Waals surface area (Å²) in [5.41, 5.74) is 2.30. The molecule has 0 saturated heterocycles. The number of nitrogens with zero attached hydrogens (tertiary/aromatic N) is 1. The molecule has 0 atom stereocenters. The highest BCUT2D eigenvalue weighted by atomic mass is 32.2. The molecule has 5 nitrogen and oxygen atoms in total. The Morgan fingerprint density at radius 2 is 1.77 bits per heavy atom. The summed E-state index contributed by atoms with van der Waals surface area (Å²) < 4.78 is 5.25. The van der Waals surface area contributed by atoms with Crippen molar-refractivity contribution in [3.05, 3.63) is 83.8 Å². The molecule has 6 heteroatoms. The molecule has 0 aliphatic carbocycles. The molecule has 1 N–H and O–H groups in total. The molecule has 3 aromatic rings. The SMILES string of the molecule is CC(C)c1ccc(SCC(=O)N(C)c2ccccc2C(=O)NCc2ccco2)cc1. The highest BCUT2D eigenvalue weighted by molar-refractivity contribution is 8.00. The van der Waals surface area contributed by atoms with Crippen molar-refractivity contribution in [3.8, 4) is 0 Å². The number of hydrogen-bond acceptors (Lipinski definition) is 4. The Morgan fingerprint density at radius 1 is 1.03 bits per heavy atom. The van der Waals surface area contributed by atoms with Crippen molar-refractivity contribution >= 4 is 29.3 Å². The standard InChI is InChI=1S/C24H26N2O3S/c1-17(2)18-10-12-20(13-11-18)30-16-23(27)26(3)22-9-5-4-8-21(22)24(28)25-15-19-7-6-14-29-19/h4-14,17H,15-16H2,1-3H3,(H,25,28). The van der Waals surface area contributed by atoms with Crippen LogP contribution in [0.4, 0.5) is 5.69 Å². The van der Waals surface area contributed by atoms with Crippen LogP contribution < -0.4 is 10.2 Å². The maximum absolute atomic E-state index is 12.8. The maximum atomic E-state index is 12.8. The summed E-state index contributed by atoms with van der Waals surface area (Å²) in [5, 5.41) is 2.83. The predicted octanol–water partition coefficient (Wildman–Crippen LogP) is 5.09. The van der Waals surface area contributed by atoms with Gasteiger partial charge in [0.1, 0.15) is 5.76 Å². The molecular weight excluding hydrogens is 396 g/mol. The number of rotatable bonds is 8. The van der Waals surface area contributed by atoms with E-state index in [1.807, 2.05) is 18.2 Å². The Labute approximate surface area is 181 Å². The smallest absolute Gasteiger partial charge is 0.253 e. The molecule has 30 heavy (non-hydrogen) atoms. The number of benzene rings is 2. The van der Waals surface area contributed by atoms with E-state index in [0.29, 0.717) is 35.2 Å². The van der Waals surface area contributed by atoms with E-state index >= 15 is 0 Å². The third-order valence-corrected chi connectivity index (χ3v) is 5.79. The van der Waals surface area contributed by atoms with Crippen LogP contribution in [0.3, 0.4) is 0 Å².